The van der Waals surface area contributed by atoms with Crippen LogP contribution in [0.1, 0.15) is 192 Å². The Morgan fingerprint density at radius 1 is 0.493 bits per heavy atom. The first-order valence-electron chi connectivity index (χ1n) is 26.9. The Hall–Kier alpha value is -5.30. The van der Waals surface area contributed by atoms with Crippen LogP contribution in [0.15, 0.2) is 0 Å². The Balaban J connectivity index is 3.96. The van der Waals surface area contributed by atoms with Gasteiger partial charge in [-0.05, 0) is 80.5 Å². The third kappa shape index (κ3) is 27.5. The van der Waals surface area contributed by atoms with Crippen molar-refractivity contribution >= 4 is 59.3 Å². The summed E-state index contributed by atoms with van der Waals surface area (Å²) in [6, 6.07) is -9.64. The van der Waals surface area contributed by atoms with E-state index in [-0.39, 0.29) is 62.2 Å². The Morgan fingerprint density at radius 2 is 0.904 bits per heavy atom. The van der Waals surface area contributed by atoms with E-state index in [0.717, 1.165) is 44.9 Å². The van der Waals surface area contributed by atoms with Crippen LogP contribution in [0.2, 0.25) is 0 Å². The molecule has 1 aliphatic rings. The van der Waals surface area contributed by atoms with E-state index in [1.807, 2.05) is 13.8 Å². The smallest absolute Gasteiger partial charge is 0.328 e. The summed E-state index contributed by atoms with van der Waals surface area (Å²) in [6.07, 6.45) is 4.97. The summed E-state index contributed by atoms with van der Waals surface area (Å²) in [6.45, 7) is 22.1. The molecule has 73 heavy (non-hydrogen) atoms. The SMILES string of the molecule is CCC(C)CCCCCCCCC1CC(=O)N[C@@H](CCC(=O)O)C(=O)N[C@@H](CC(C)C)C(=O)N[C@@H](CC(C)C)C(=O)N[C@@H](C(C)C)C(=O)N[C@@H](CC(=O)O)C(=O)N[C@@H](CC(C)C)C(=O)N[C@@H](CC(C)C)C(=O)O1. The number of carbonyl (C=O) groups excluding carboxylic acids is 8. The van der Waals surface area contributed by atoms with Crippen molar-refractivity contribution in [2.45, 2.75) is 241 Å². The molecular formula is C53H93N7O13. The summed E-state index contributed by atoms with van der Waals surface area (Å²) in [4.78, 5) is 137. The number of hydrogen-bond donors (Lipinski definition) is 9. The highest BCUT2D eigenvalue weighted by atomic mass is 16.5. The van der Waals surface area contributed by atoms with Crippen molar-refractivity contribution in [1.29, 1.82) is 0 Å². The van der Waals surface area contributed by atoms with Crippen molar-refractivity contribution in [2.24, 2.45) is 35.5 Å². The number of esters is 1. The van der Waals surface area contributed by atoms with Crippen molar-refractivity contribution in [3.05, 3.63) is 0 Å². The quantitative estimate of drug-likeness (QED) is 0.0453. The lowest BCUT2D eigenvalue weighted by molar-refractivity contribution is -0.155. The van der Waals surface area contributed by atoms with Gasteiger partial charge >= 0.3 is 17.9 Å². The fourth-order valence-electron chi connectivity index (χ4n) is 8.54. The van der Waals surface area contributed by atoms with Gasteiger partial charge in [-0.3, -0.25) is 43.2 Å². The maximum Gasteiger partial charge on any atom is 0.328 e. The molecule has 1 heterocycles. The zero-order valence-corrected chi connectivity index (χ0v) is 46.0. The third-order valence-corrected chi connectivity index (χ3v) is 12.8. The van der Waals surface area contributed by atoms with Crippen molar-refractivity contribution in [3.63, 3.8) is 0 Å². The van der Waals surface area contributed by atoms with Crippen LogP contribution in [0.25, 0.3) is 0 Å². The summed E-state index contributed by atoms with van der Waals surface area (Å²) in [5, 5.41) is 37.9. The number of carboxylic acid groups (broad SMARTS) is 2. The Kier molecular flexibility index (Phi) is 30.8. The molecule has 20 nitrogen and oxygen atoms in total. The van der Waals surface area contributed by atoms with Crippen molar-refractivity contribution in [1.82, 2.24) is 37.2 Å². The first-order valence-corrected chi connectivity index (χ1v) is 26.9. The monoisotopic (exact) mass is 1040 g/mol. The molecule has 0 radical (unpaired) electrons. The van der Waals surface area contributed by atoms with Crippen molar-refractivity contribution in [3.8, 4) is 0 Å². The summed E-state index contributed by atoms with van der Waals surface area (Å²) in [7, 11) is 0. The molecule has 1 aliphatic heterocycles. The van der Waals surface area contributed by atoms with E-state index in [0.29, 0.717) is 12.3 Å². The molecule has 0 spiro atoms. The predicted molar refractivity (Wildman–Crippen MR) is 276 cm³/mol. The molecule has 9 N–H and O–H groups in total. The van der Waals surface area contributed by atoms with E-state index >= 15 is 0 Å². The van der Waals surface area contributed by atoms with E-state index in [1.165, 1.54) is 0 Å². The molecular weight excluding hydrogens is 943 g/mol. The van der Waals surface area contributed by atoms with Crippen LogP contribution in [0.5, 0.6) is 0 Å². The van der Waals surface area contributed by atoms with Gasteiger partial charge in [-0.15, -0.1) is 0 Å². The van der Waals surface area contributed by atoms with E-state index in [9.17, 15) is 58.2 Å². The highest BCUT2D eigenvalue weighted by Gasteiger charge is 2.37. The third-order valence-electron chi connectivity index (χ3n) is 12.8. The van der Waals surface area contributed by atoms with Gasteiger partial charge < -0.3 is 52.2 Å². The molecule has 20 heteroatoms. The minimum absolute atomic E-state index is 0.0392. The van der Waals surface area contributed by atoms with Crippen molar-refractivity contribution in [2.75, 3.05) is 0 Å². The zero-order valence-electron chi connectivity index (χ0n) is 46.0. The maximum absolute atomic E-state index is 14.2. The number of amides is 7. The van der Waals surface area contributed by atoms with Gasteiger partial charge in [-0.25, -0.2) is 4.79 Å². The molecule has 0 bridgehead atoms. The van der Waals surface area contributed by atoms with Gasteiger partial charge in [0, 0.05) is 6.42 Å². The molecule has 0 aromatic heterocycles. The average molecular weight is 1040 g/mol. The fraction of sp³-hybridized carbons (Fsp3) is 0.811. The predicted octanol–water partition coefficient (Wildman–Crippen LogP) is 5.04. The molecule has 1 saturated heterocycles. The topological polar surface area (TPSA) is 305 Å². The van der Waals surface area contributed by atoms with Gasteiger partial charge in [-0.1, -0.05) is 128 Å². The lowest BCUT2D eigenvalue weighted by Gasteiger charge is -2.29. The molecule has 1 fully saturated rings. The van der Waals surface area contributed by atoms with Crippen LogP contribution >= 0.6 is 0 Å². The zero-order chi connectivity index (χ0) is 55.5. The van der Waals surface area contributed by atoms with Crippen LogP contribution in [-0.2, 0) is 52.7 Å². The van der Waals surface area contributed by atoms with Crippen LogP contribution in [0.3, 0.4) is 0 Å². The van der Waals surface area contributed by atoms with E-state index < -0.39 is 133 Å². The lowest BCUT2D eigenvalue weighted by atomic mass is 9.98. The average Bonchev–Trinajstić information content (AvgIpc) is 3.27. The van der Waals surface area contributed by atoms with Crippen LogP contribution < -0.4 is 37.2 Å². The molecule has 0 aromatic rings. The van der Waals surface area contributed by atoms with E-state index in [4.69, 9.17) is 4.74 Å². The molecule has 0 aromatic carbocycles. The molecule has 0 aliphatic carbocycles. The number of hydrogen-bond acceptors (Lipinski definition) is 11. The minimum atomic E-state index is -1.72. The molecule has 418 valence electrons. The summed E-state index contributed by atoms with van der Waals surface area (Å²) in [5.41, 5.74) is 0. The number of nitrogens with one attached hydrogen (secondary N) is 7. The molecule has 7 amide bonds. The van der Waals surface area contributed by atoms with E-state index in [2.05, 4.69) is 51.1 Å². The molecule has 9 atom stereocenters. The summed E-state index contributed by atoms with van der Waals surface area (Å²) in [5.74, 6) is -10.1. The standard InChI is InChI=1S/C53H93N7O13/c1-13-35(12)20-18-16-14-15-17-19-21-36-28-43(61)54-37(22-23-44(62)63)47(66)55-38(24-30(2)3)48(67)57-40(26-32(6)7)51(70)60-46(34(10)11)52(71)58-41(29-45(64)65)50(69)56-39(25-31(4)5)49(68)59-42(27-33(8)9)53(72)73-36/h30-42,46H,13-29H2,1-12H3,(H,54,61)(H,55,66)(H,56,69)(H,57,67)(H,58,71)(H,59,68)(H,60,70)(H,62,63)(H,64,65)/t35?,36?,37-,38-,39-,40-,41-,42-,46-/m0/s1. The van der Waals surface area contributed by atoms with Gasteiger partial charge in [0.05, 0.1) is 12.8 Å². The van der Waals surface area contributed by atoms with Crippen molar-refractivity contribution < 1.29 is 62.9 Å². The largest absolute Gasteiger partial charge is 0.481 e. The maximum atomic E-state index is 14.2. The second kappa shape index (κ2) is 34.2. The number of ether oxygens (including phenoxy) is 1. The fourth-order valence-corrected chi connectivity index (χ4v) is 8.54. The highest BCUT2D eigenvalue weighted by Crippen LogP contribution is 2.19. The van der Waals surface area contributed by atoms with Gasteiger partial charge in [0.2, 0.25) is 41.4 Å². The molecule has 0 saturated carbocycles. The molecule has 1 rings (SSSR count). The van der Waals surface area contributed by atoms with Crippen LogP contribution in [-0.4, -0.2) is 118 Å². The number of unbranched alkanes of at least 4 members (excludes halogenated alkanes) is 5. The summed E-state index contributed by atoms with van der Waals surface area (Å²) < 4.78 is 6.04. The van der Waals surface area contributed by atoms with Gasteiger partial charge in [0.25, 0.3) is 0 Å². The number of cyclic esters (lactones) is 1. The Labute approximate surface area is 434 Å². The number of carbonyl (C=O) groups is 10. The molecule has 2 unspecified atom stereocenters. The van der Waals surface area contributed by atoms with Crippen LogP contribution in [0, 0.1) is 35.5 Å². The first-order chi connectivity index (χ1) is 34.1. The van der Waals surface area contributed by atoms with Gasteiger partial charge in [-0.2, -0.15) is 0 Å². The first kappa shape index (κ1) is 65.7. The highest BCUT2D eigenvalue weighted by molar-refractivity contribution is 5.98. The van der Waals surface area contributed by atoms with Gasteiger partial charge in [0.1, 0.15) is 48.4 Å². The Morgan fingerprint density at radius 3 is 1.36 bits per heavy atom. The van der Waals surface area contributed by atoms with Crippen LogP contribution in [0.4, 0.5) is 0 Å². The Bertz CT molecular complexity index is 1810. The normalized spacial score (nSPS) is 24.4. The second-order valence-corrected chi connectivity index (χ2v) is 22.2. The minimum Gasteiger partial charge on any atom is -0.481 e. The lowest BCUT2D eigenvalue weighted by Crippen LogP contribution is -2.61. The number of carboxylic acids is 2. The summed E-state index contributed by atoms with van der Waals surface area (Å²) >= 11 is 0. The second-order valence-electron chi connectivity index (χ2n) is 22.2. The number of rotatable bonds is 24. The van der Waals surface area contributed by atoms with Gasteiger partial charge in [0.15, 0.2) is 0 Å². The van der Waals surface area contributed by atoms with E-state index in [1.54, 1.807) is 55.4 Å². The number of aliphatic carboxylic acids is 2.